The number of rotatable bonds is 1. The van der Waals surface area contributed by atoms with Crippen LogP contribution in [0.25, 0.3) is 10.9 Å². The minimum atomic E-state index is -0.318. The van der Waals surface area contributed by atoms with Gasteiger partial charge in [0.25, 0.3) is 0 Å². The summed E-state index contributed by atoms with van der Waals surface area (Å²) in [7, 11) is 1.39. The van der Waals surface area contributed by atoms with E-state index in [9.17, 15) is 4.79 Å². The van der Waals surface area contributed by atoms with Crippen LogP contribution in [0.15, 0.2) is 24.4 Å². The maximum absolute atomic E-state index is 11.6. The van der Waals surface area contributed by atoms with Crippen molar-refractivity contribution in [2.24, 2.45) is 0 Å². The average molecular weight is 215 g/mol. The zero-order valence-corrected chi connectivity index (χ0v) is 9.57. The molecule has 0 radical (unpaired) electrons. The number of nitrogens with zero attached hydrogens (tertiary/aromatic N) is 1. The first-order chi connectivity index (χ1) is 7.65. The molecule has 1 heterocycles. The third kappa shape index (κ3) is 1.54. The molecule has 1 aromatic carbocycles. The molecule has 0 saturated carbocycles. The molecule has 0 spiro atoms. The molecule has 3 nitrogen and oxygen atoms in total. The highest BCUT2D eigenvalue weighted by atomic mass is 16.5. The van der Waals surface area contributed by atoms with E-state index in [1.54, 1.807) is 12.3 Å². The van der Waals surface area contributed by atoms with Crippen LogP contribution in [-0.4, -0.2) is 18.1 Å². The van der Waals surface area contributed by atoms with E-state index in [0.29, 0.717) is 5.56 Å². The summed E-state index contributed by atoms with van der Waals surface area (Å²) >= 11 is 0. The minimum absolute atomic E-state index is 0.318. The van der Waals surface area contributed by atoms with Crippen molar-refractivity contribution in [2.45, 2.75) is 13.8 Å². The number of aromatic nitrogens is 1. The number of aryl methyl sites for hydroxylation is 2. The Bertz CT molecular complexity index is 561. The topological polar surface area (TPSA) is 39.2 Å². The number of ether oxygens (including phenoxy) is 1. The molecule has 0 aliphatic heterocycles. The van der Waals surface area contributed by atoms with Gasteiger partial charge in [0, 0.05) is 11.6 Å². The number of esters is 1. The predicted octanol–water partition coefficient (Wildman–Crippen LogP) is 2.64. The lowest BCUT2D eigenvalue weighted by atomic mass is 10.0. The number of hydrogen-bond donors (Lipinski definition) is 0. The lowest BCUT2D eigenvalue weighted by Gasteiger charge is -2.08. The van der Waals surface area contributed by atoms with Crippen molar-refractivity contribution in [3.05, 3.63) is 41.1 Å². The number of carbonyl (C=O) groups is 1. The molecular formula is C13H13NO2. The first kappa shape index (κ1) is 10.6. The fourth-order valence-electron chi connectivity index (χ4n) is 1.85. The first-order valence-corrected chi connectivity index (χ1v) is 5.08. The molecule has 0 aliphatic rings. The molecule has 2 rings (SSSR count). The minimum Gasteiger partial charge on any atom is -0.465 e. The summed E-state index contributed by atoms with van der Waals surface area (Å²) in [4.78, 5) is 16.0. The van der Waals surface area contributed by atoms with Crippen molar-refractivity contribution in [1.82, 2.24) is 4.98 Å². The fourth-order valence-corrected chi connectivity index (χ4v) is 1.85. The molecule has 82 valence electrons. The maximum Gasteiger partial charge on any atom is 0.338 e. The van der Waals surface area contributed by atoms with Crippen LogP contribution in [0.5, 0.6) is 0 Å². The highest BCUT2D eigenvalue weighted by Gasteiger charge is 2.13. The summed E-state index contributed by atoms with van der Waals surface area (Å²) in [6.45, 7) is 3.95. The molecule has 0 amide bonds. The number of carbonyl (C=O) groups excluding carboxylic acids is 1. The van der Waals surface area contributed by atoms with E-state index in [4.69, 9.17) is 4.74 Å². The van der Waals surface area contributed by atoms with E-state index in [0.717, 1.165) is 22.0 Å². The molecule has 0 bridgehead atoms. The Morgan fingerprint density at radius 3 is 2.56 bits per heavy atom. The second kappa shape index (κ2) is 3.93. The van der Waals surface area contributed by atoms with Gasteiger partial charge in [-0.05, 0) is 31.0 Å². The Morgan fingerprint density at radius 2 is 1.88 bits per heavy atom. The van der Waals surface area contributed by atoms with Crippen LogP contribution in [0.4, 0.5) is 0 Å². The highest BCUT2D eigenvalue weighted by Crippen LogP contribution is 2.24. The summed E-state index contributed by atoms with van der Waals surface area (Å²) < 4.78 is 4.77. The van der Waals surface area contributed by atoms with Gasteiger partial charge in [0.15, 0.2) is 0 Å². The summed E-state index contributed by atoms with van der Waals surface area (Å²) in [6, 6.07) is 5.69. The molecule has 0 unspecified atom stereocenters. The van der Waals surface area contributed by atoms with Crippen molar-refractivity contribution >= 4 is 16.9 Å². The standard InChI is InChI=1S/C13H13NO2/c1-8-4-5-9(2)12-11(8)10(6-7-14-12)13(15)16-3/h4-7H,1-3H3. The maximum atomic E-state index is 11.6. The lowest BCUT2D eigenvalue weighted by Crippen LogP contribution is -2.04. The van der Waals surface area contributed by atoms with E-state index >= 15 is 0 Å². The second-order valence-corrected chi connectivity index (χ2v) is 3.77. The van der Waals surface area contributed by atoms with Gasteiger partial charge in [-0.2, -0.15) is 0 Å². The monoisotopic (exact) mass is 215 g/mol. The Balaban J connectivity index is 2.86. The molecule has 0 aliphatic carbocycles. The van der Waals surface area contributed by atoms with Gasteiger partial charge in [-0.1, -0.05) is 12.1 Å². The normalized spacial score (nSPS) is 10.4. The van der Waals surface area contributed by atoms with Crippen molar-refractivity contribution in [3.8, 4) is 0 Å². The summed E-state index contributed by atoms with van der Waals surface area (Å²) in [5.41, 5.74) is 3.54. The van der Waals surface area contributed by atoms with Gasteiger partial charge in [0.05, 0.1) is 18.2 Å². The second-order valence-electron chi connectivity index (χ2n) is 3.77. The van der Waals surface area contributed by atoms with E-state index in [-0.39, 0.29) is 5.97 Å². The van der Waals surface area contributed by atoms with Gasteiger partial charge in [-0.25, -0.2) is 4.79 Å². The molecule has 1 aromatic heterocycles. The largest absolute Gasteiger partial charge is 0.465 e. The van der Waals surface area contributed by atoms with Crippen LogP contribution < -0.4 is 0 Å². The highest BCUT2D eigenvalue weighted by molar-refractivity contribution is 6.05. The van der Waals surface area contributed by atoms with E-state index in [2.05, 4.69) is 4.98 Å². The summed E-state index contributed by atoms with van der Waals surface area (Å²) in [5.74, 6) is -0.318. The molecule has 2 aromatic rings. The summed E-state index contributed by atoms with van der Waals surface area (Å²) in [5, 5.41) is 0.884. The van der Waals surface area contributed by atoms with Gasteiger partial charge < -0.3 is 4.74 Å². The van der Waals surface area contributed by atoms with Crippen molar-refractivity contribution in [3.63, 3.8) is 0 Å². The lowest BCUT2D eigenvalue weighted by molar-refractivity contribution is 0.0603. The van der Waals surface area contributed by atoms with Crippen LogP contribution in [0.2, 0.25) is 0 Å². The van der Waals surface area contributed by atoms with Gasteiger partial charge in [-0.3, -0.25) is 4.98 Å². The Labute approximate surface area is 94.1 Å². The van der Waals surface area contributed by atoms with Crippen LogP contribution in [0, 0.1) is 13.8 Å². The van der Waals surface area contributed by atoms with Gasteiger partial charge in [0.1, 0.15) is 0 Å². The number of methoxy groups -OCH3 is 1. The van der Waals surface area contributed by atoms with Gasteiger partial charge >= 0.3 is 5.97 Å². The fraction of sp³-hybridized carbons (Fsp3) is 0.231. The van der Waals surface area contributed by atoms with E-state index < -0.39 is 0 Å². The molecular weight excluding hydrogens is 202 g/mol. The molecule has 0 N–H and O–H groups in total. The van der Waals surface area contributed by atoms with Crippen molar-refractivity contribution in [2.75, 3.05) is 7.11 Å². The molecule has 0 fully saturated rings. The Morgan fingerprint density at radius 1 is 1.19 bits per heavy atom. The van der Waals surface area contributed by atoms with Crippen LogP contribution in [0.1, 0.15) is 21.5 Å². The first-order valence-electron chi connectivity index (χ1n) is 5.08. The smallest absolute Gasteiger partial charge is 0.338 e. The Hall–Kier alpha value is -1.90. The number of pyridine rings is 1. The zero-order chi connectivity index (χ0) is 11.7. The van der Waals surface area contributed by atoms with Crippen molar-refractivity contribution in [1.29, 1.82) is 0 Å². The van der Waals surface area contributed by atoms with Crippen molar-refractivity contribution < 1.29 is 9.53 Å². The Kier molecular flexibility index (Phi) is 2.60. The number of fused-ring (bicyclic) bond motifs is 1. The number of benzene rings is 1. The quantitative estimate of drug-likeness (QED) is 0.686. The third-order valence-electron chi connectivity index (χ3n) is 2.71. The van der Waals surface area contributed by atoms with Gasteiger partial charge in [-0.15, -0.1) is 0 Å². The third-order valence-corrected chi connectivity index (χ3v) is 2.71. The summed E-state index contributed by atoms with van der Waals surface area (Å²) in [6.07, 6.45) is 1.64. The number of hydrogen-bond acceptors (Lipinski definition) is 3. The molecule has 3 heteroatoms. The van der Waals surface area contributed by atoms with Crippen LogP contribution >= 0.6 is 0 Å². The average Bonchev–Trinajstić information content (AvgIpc) is 2.32. The predicted molar refractivity (Wildman–Crippen MR) is 62.6 cm³/mol. The zero-order valence-electron chi connectivity index (χ0n) is 9.57. The van der Waals surface area contributed by atoms with Crippen LogP contribution in [-0.2, 0) is 4.74 Å². The van der Waals surface area contributed by atoms with Crippen LogP contribution in [0.3, 0.4) is 0 Å². The molecule has 0 atom stereocenters. The van der Waals surface area contributed by atoms with E-state index in [1.807, 2.05) is 26.0 Å². The van der Waals surface area contributed by atoms with E-state index in [1.165, 1.54) is 7.11 Å². The van der Waals surface area contributed by atoms with Gasteiger partial charge in [0.2, 0.25) is 0 Å². The molecule has 16 heavy (non-hydrogen) atoms. The molecule has 0 saturated heterocycles. The SMILES string of the molecule is COC(=O)c1ccnc2c(C)ccc(C)c12.